The normalized spacial score (nSPS) is 27.2. The highest BCUT2D eigenvalue weighted by Gasteiger charge is 2.40. The summed E-state index contributed by atoms with van der Waals surface area (Å²) < 4.78 is 0. The van der Waals surface area contributed by atoms with Crippen LogP contribution in [0.25, 0.3) is 10.9 Å². The van der Waals surface area contributed by atoms with Crippen LogP contribution in [0.3, 0.4) is 0 Å². The van der Waals surface area contributed by atoms with E-state index in [9.17, 15) is 10.1 Å². The molecule has 1 aliphatic carbocycles. The van der Waals surface area contributed by atoms with Crippen LogP contribution in [0.5, 0.6) is 0 Å². The van der Waals surface area contributed by atoms with Gasteiger partial charge >= 0.3 is 0 Å². The zero-order valence-electron chi connectivity index (χ0n) is 12.5. The summed E-state index contributed by atoms with van der Waals surface area (Å²) in [5, 5.41) is 12.2. The first-order valence-electron chi connectivity index (χ1n) is 7.54. The molecule has 1 aromatic heterocycles. The molecule has 1 aromatic carbocycles. The average molecular weight is 322 g/mol. The maximum Gasteiger partial charge on any atom is 0.207 e. The highest BCUT2D eigenvalue weighted by molar-refractivity contribution is 5.88. The second kappa shape index (κ2) is 5.56. The number of aromatic nitrogens is 1. The number of rotatable bonds is 2. The molecule has 1 aliphatic heterocycles. The van der Waals surface area contributed by atoms with Crippen molar-refractivity contribution in [2.75, 3.05) is 20.1 Å². The van der Waals surface area contributed by atoms with Gasteiger partial charge in [0, 0.05) is 46.4 Å². The summed E-state index contributed by atoms with van der Waals surface area (Å²) in [6.07, 6.45) is 4.10. The predicted molar refractivity (Wildman–Crippen MR) is 88.4 cm³/mol. The van der Waals surface area contributed by atoms with Crippen molar-refractivity contribution in [1.29, 1.82) is 0 Å². The van der Waals surface area contributed by atoms with Gasteiger partial charge in [0.05, 0.1) is 0 Å². The van der Waals surface area contributed by atoms with Gasteiger partial charge in [0.2, 0.25) is 6.54 Å². The molecule has 2 unspecified atom stereocenters. The quantitative estimate of drug-likeness (QED) is 0.683. The van der Waals surface area contributed by atoms with E-state index in [1.807, 2.05) is 0 Å². The number of benzene rings is 1. The van der Waals surface area contributed by atoms with Gasteiger partial charge in [-0.05, 0) is 37.1 Å². The topological polar surface area (TPSA) is 62.2 Å². The number of nitrogens with one attached hydrogen (secondary N) is 1. The van der Waals surface area contributed by atoms with Gasteiger partial charge in [-0.3, -0.25) is 10.1 Å². The minimum absolute atomic E-state index is 0. The van der Waals surface area contributed by atoms with Crippen molar-refractivity contribution in [2.45, 2.75) is 24.8 Å². The third kappa shape index (κ3) is 2.29. The number of fused-ring (bicyclic) bond motifs is 2. The number of likely N-dealkylation sites (tertiary alicyclic amines) is 1. The number of nitro groups is 1. The van der Waals surface area contributed by atoms with Crippen molar-refractivity contribution in [2.24, 2.45) is 5.92 Å². The van der Waals surface area contributed by atoms with Crippen LogP contribution in [0.2, 0.25) is 0 Å². The number of hydrogen-bond acceptors (Lipinski definition) is 3. The third-order valence-corrected chi connectivity index (χ3v) is 5.22. The Morgan fingerprint density at radius 1 is 1.45 bits per heavy atom. The second-order valence-corrected chi connectivity index (χ2v) is 6.52. The fourth-order valence-electron chi connectivity index (χ4n) is 4.40. The third-order valence-electron chi connectivity index (χ3n) is 5.22. The number of aromatic amines is 1. The molecule has 22 heavy (non-hydrogen) atoms. The average Bonchev–Trinajstić information content (AvgIpc) is 2.84. The van der Waals surface area contributed by atoms with E-state index < -0.39 is 0 Å². The molecule has 3 atom stereocenters. The van der Waals surface area contributed by atoms with Gasteiger partial charge in [-0.15, -0.1) is 12.4 Å². The molecule has 2 aliphatic rings. The molecular weight excluding hydrogens is 302 g/mol. The zero-order valence-corrected chi connectivity index (χ0v) is 13.3. The van der Waals surface area contributed by atoms with Gasteiger partial charge in [0.1, 0.15) is 0 Å². The number of H-pyrrole nitrogens is 1. The van der Waals surface area contributed by atoms with E-state index in [2.05, 4.69) is 41.3 Å². The summed E-state index contributed by atoms with van der Waals surface area (Å²) in [4.78, 5) is 16.4. The van der Waals surface area contributed by atoms with Crippen molar-refractivity contribution in [3.8, 4) is 0 Å². The fourth-order valence-corrected chi connectivity index (χ4v) is 4.40. The predicted octanol–water partition coefficient (Wildman–Crippen LogP) is 2.83. The first kappa shape index (κ1) is 15.3. The molecule has 1 fully saturated rings. The van der Waals surface area contributed by atoms with Crippen LogP contribution < -0.4 is 0 Å². The highest BCUT2D eigenvalue weighted by Crippen LogP contribution is 2.44. The number of nitrogens with zero attached hydrogens (tertiary/aromatic N) is 2. The van der Waals surface area contributed by atoms with Crippen molar-refractivity contribution in [1.82, 2.24) is 9.88 Å². The maximum absolute atomic E-state index is 10.9. The Labute approximate surface area is 135 Å². The van der Waals surface area contributed by atoms with E-state index in [4.69, 9.17) is 0 Å². The van der Waals surface area contributed by atoms with Crippen LogP contribution in [-0.4, -0.2) is 41.0 Å². The molecule has 118 valence electrons. The SMILES string of the molecule is CN1CC(C[N+](=O)[O-])CC2c3cccc4[nH]cc(c34)C[C@H]21.Cl. The summed E-state index contributed by atoms with van der Waals surface area (Å²) >= 11 is 0. The molecule has 0 radical (unpaired) electrons. The van der Waals surface area contributed by atoms with Crippen molar-refractivity contribution in [3.63, 3.8) is 0 Å². The van der Waals surface area contributed by atoms with E-state index in [0.29, 0.717) is 12.0 Å². The van der Waals surface area contributed by atoms with Crippen molar-refractivity contribution in [3.05, 3.63) is 45.6 Å². The molecule has 5 nitrogen and oxygen atoms in total. The molecule has 0 saturated carbocycles. The Kier molecular flexibility index (Phi) is 3.87. The lowest BCUT2D eigenvalue weighted by molar-refractivity contribution is -0.489. The van der Waals surface area contributed by atoms with E-state index >= 15 is 0 Å². The first-order chi connectivity index (χ1) is 10.1. The molecule has 1 saturated heterocycles. The van der Waals surface area contributed by atoms with Gasteiger partial charge in [-0.1, -0.05) is 12.1 Å². The van der Waals surface area contributed by atoms with E-state index in [1.54, 1.807) is 0 Å². The standard InChI is InChI=1S/C16H19N3O2.ClH/c1-18-8-10(9-19(20)21)5-13-12-3-2-4-14-16(12)11(7-17-14)6-15(13)18;/h2-4,7,10,13,15,17H,5-6,8-9H2,1H3;1H/t10?,13?,15-;/m1./s1. The Balaban J connectivity index is 0.00000144. The van der Waals surface area contributed by atoms with Crippen LogP contribution in [-0.2, 0) is 6.42 Å². The van der Waals surface area contributed by atoms with E-state index in [0.717, 1.165) is 19.4 Å². The Bertz CT molecular complexity index is 714. The van der Waals surface area contributed by atoms with Crippen LogP contribution in [0, 0.1) is 16.0 Å². The molecule has 0 amide bonds. The number of halogens is 1. The van der Waals surface area contributed by atoms with Crippen LogP contribution in [0.4, 0.5) is 0 Å². The van der Waals surface area contributed by atoms with Crippen LogP contribution >= 0.6 is 12.4 Å². The number of piperidine rings is 1. The molecule has 0 spiro atoms. The Morgan fingerprint density at radius 3 is 3.05 bits per heavy atom. The van der Waals surface area contributed by atoms with Crippen molar-refractivity contribution < 1.29 is 4.92 Å². The van der Waals surface area contributed by atoms with Crippen molar-refractivity contribution >= 4 is 23.3 Å². The van der Waals surface area contributed by atoms with E-state index in [-0.39, 0.29) is 29.8 Å². The van der Waals surface area contributed by atoms with Crippen LogP contribution in [0.15, 0.2) is 24.4 Å². The lowest BCUT2D eigenvalue weighted by Crippen LogP contribution is -2.49. The Morgan fingerprint density at radius 2 is 2.27 bits per heavy atom. The van der Waals surface area contributed by atoms with Gasteiger partial charge in [-0.2, -0.15) is 0 Å². The molecule has 4 rings (SSSR count). The zero-order chi connectivity index (χ0) is 14.6. The highest BCUT2D eigenvalue weighted by atomic mass is 35.5. The molecular formula is C16H20ClN3O2. The molecule has 6 heteroatoms. The van der Waals surface area contributed by atoms with E-state index in [1.165, 1.54) is 22.0 Å². The summed E-state index contributed by atoms with van der Waals surface area (Å²) in [6, 6.07) is 6.89. The monoisotopic (exact) mass is 321 g/mol. The number of hydrogen-bond donors (Lipinski definition) is 1. The lowest BCUT2D eigenvalue weighted by atomic mass is 9.72. The molecule has 2 heterocycles. The smallest absolute Gasteiger partial charge is 0.207 e. The number of likely N-dealkylation sites (N-methyl/N-ethyl adjacent to an activating group) is 1. The summed E-state index contributed by atoms with van der Waals surface area (Å²) in [6.45, 7) is 0.918. The minimum atomic E-state index is -0.163. The van der Waals surface area contributed by atoms with Gasteiger partial charge in [0.25, 0.3) is 0 Å². The minimum Gasteiger partial charge on any atom is -0.361 e. The second-order valence-electron chi connectivity index (χ2n) is 6.52. The summed E-state index contributed by atoms with van der Waals surface area (Å²) in [7, 11) is 2.11. The first-order valence-corrected chi connectivity index (χ1v) is 7.54. The Hall–Kier alpha value is -1.59. The molecule has 2 aromatic rings. The van der Waals surface area contributed by atoms with Gasteiger partial charge in [0.15, 0.2) is 0 Å². The molecule has 1 N–H and O–H groups in total. The van der Waals surface area contributed by atoms with Crippen LogP contribution in [0.1, 0.15) is 23.5 Å². The molecule has 0 bridgehead atoms. The van der Waals surface area contributed by atoms with Gasteiger partial charge < -0.3 is 9.88 Å². The summed E-state index contributed by atoms with van der Waals surface area (Å²) in [5.74, 6) is 0.572. The summed E-state index contributed by atoms with van der Waals surface area (Å²) in [5.41, 5.74) is 3.96. The fraction of sp³-hybridized carbons (Fsp3) is 0.500. The lowest BCUT2D eigenvalue weighted by Gasteiger charge is -2.44. The largest absolute Gasteiger partial charge is 0.361 e. The maximum atomic E-state index is 10.9. The van der Waals surface area contributed by atoms with Gasteiger partial charge in [-0.25, -0.2) is 0 Å².